The van der Waals surface area contributed by atoms with Gasteiger partial charge in [-0.1, -0.05) is 18.2 Å². The van der Waals surface area contributed by atoms with Gasteiger partial charge in [0.1, 0.15) is 12.7 Å². The molecule has 0 spiro atoms. The van der Waals surface area contributed by atoms with Gasteiger partial charge in [0, 0.05) is 12.7 Å². The van der Waals surface area contributed by atoms with Crippen LogP contribution in [0.15, 0.2) is 55.1 Å². The van der Waals surface area contributed by atoms with Crippen LogP contribution < -0.4 is 5.32 Å². The number of thiocarbonyl (C=S) groups is 1. The summed E-state index contributed by atoms with van der Waals surface area (Å²) in [7, 11) is 2.01. The summed E-state index contributed by atoms with van der Waals surface area (Å²) >= 11 is 5.60. The van der Waals surface area contributed by atoms with Crippen molar-refractivity contribution < 1.29 is 0 Å². The molecular weight excluding hydrogens is 342 g/mol. The van der Waals surface area contributed by atoms with Crippen LogP contribution >= 0.6 is 12.2 Å². The minimum atomic E-state index is 0.144. The zero-order chi connectivity index (χ0) is 18.7. The van der Waals surface area contributed by atoms with Crippen molar-refractivity contribution in [3.8, 4) is 5.69 Å². The molecule has 3 aromatic rings. The highest BCUT2D eigenvalue weighted by Gasteiger charge is 2.15. The van der Waals surface area contributed by atoms with E-state index in [1.807, 2.05) is 19.2 Å². The monoisotopic (exact) mass is 365 g/mol. The fourth-order valence-electron chi connectivity index (χ4n) is 2.91. The third-order valence-electron chi connectivity index (χ3n) is 4.43. The number of aromatic nitrogens is 3. The zero-order valence-electron chi connectivity index (χ0n) is 15.5. The maximum absolute atomic E-state index is 5.60. The molecule has 3 rings (SSSR count). The molecule has 6 heteroatoms. The second kappa shape index (κ2) is 7.66. The third kappa shape index (κ3) is 4.08. The molecule has 0 bridgehead atoms. The normalized spacial score (nSPS) is 11.8. The van der Waals surface area contributed by atoms with Crippen molar-refractivity contribution in [3.63, 3.8) is 0 Å². The van der Waals surface area contributed by atoms with Crippen LogP contribution in [-0.2, 0) is 0 Å². The van der Waals surface area contributed by atoms with Crippen LogP contribution in [0.3, 0.4) is 0 Å². The number of anilines is 1. The minimum Gasteiger partial charge on any atom is -0.345 e. The molecule has 134 valence electrons. The van der Waals surface area contributed by atoms with Gasteiger partial charge in [-0.2, -0.15) is 5.10 Å². The van der Waals surface area contributed by atoms with Gasteiger partial charge in [0.25, 0.3) is 0 Å². The van der Waals surface area contributed by atoms with Crippen LogP contribution in [0.5, 0.6) is 0 Å². The molecule has 1 N–H and O–H groups in total. The van der Waals surface area contributed by atoms with Crippen LogP contribution in [-0.4, -0.2) is 31.8 Å². The molecule has 0 aliphatic rings. The fourth-order valence-corrected chi connectivity index (χ4v) is 3.18. The van der Waals surface area contributed by atoms with Crippen molar-refractivity contribution in [2.45, 2.75) is 26.8 Å². The summed E-state index contributed by atoms with van der Waals surface area (Å²) in [5.74, 6) is 0. The summed E-state index contributed by atoms with van der Waals surface area (Å²) in [6.07, 6.45) is 3.22. The number of benzene rings is 2. The van der Waals surface area contributed by atoms with Crippen molar-refractivity contribution in [1.29, 1.82) is 0 Å². The van der Waals surface area contributed by atoms with Crippen LogP contribution in [0.2, 0.25) is 0 Å². The maximum Gasteiger partial charge on any atom is 0.173 e. The quantitative estimate of drug-likeness (QED) is 0.700. The van der Waals surface area contributed by atoms with E-state index in [1.54, 1.807) is 11.0 Å². The van der Waals surface area contributed by atoms with E-state index in [0.29, 0.717) is 5.11 Å². The van der Waals surface area contributed by atoms with E-state index in [4.69, 9.17) is 12.2 Å². The molecule has 2 aromatic carbocycles. The topological polar surface area (TPSA) is 46.0 Å². The van der Waals surface area contributed by atoms with Gasteiger partial charge in [-0.15, -0.1) is 0 Å². The first-order chi connectivity index (χ1) is 12.4. The van der Waals surface area contributed by atoms with Crippen LogP contribution in [0.25, 0.3) is 5.69 Å². The third-order valence-corrected chi connectivity index (χ3v) is 4.82. The van der Waals surface area contributed by atoms with E-state index in [2.05, 4.69) is 71.4 Å². The zero-order valence-corrected chi connectivity index (χ0v) is 16.3. The van der Waals surface area contributed by atoms with Gasteiger partial charge in [0.15, 0.2) is 5.11 Å². The Morgan fingerprint density at radius 1 is 1.12 bits per heavy atom. The number of nitrogens with one attached hydrogen (secondary N) is 1. The van der Waals surface area contributed by atoms with Crippen LogP contribution in [0, 0.1) is 13.8 Å². The van der Waals surface area contributed by atoms with Crippen molar-refractivity contribution in [2.75, 3.05) is 12.4 Å². The van der Waals surface area contributed by atoms with Gasteiger partial charge < -0.3 is 10.2 Å². The number of hydrogen-bond donors (Lipinski definition) is 1. The van der Waals surface area contributed by atoms with Gasteiger partial charge in [0.2, 0.25) is 0 Å². The second-order valence-electron chi connectivity index (χ2n) is 6.53. The molecule has 1 aromatic heterocycles. The van der Waals surface area contributed by atoms with E-state index >= 15 is 0 Å². The van der Waals surface area contributed by atoms with Gasteiger partial charge in [-0.3, -0.25) is 0 Å². The van der Waals surface area contributed by atoms with Gasteiger partial charge in [0.05, 0.1) is 11.7 Å². The molecule has 0 radical (unpaired) electrons. The molecule has 0 amide bonds. The molecule has 1 heterocycles. The summed E-state index contributed by atoms with van der Waals surface area (Å²) in [6, 6.07) is 14.8. The van der Waals surface area contributed by atoms with Gasteiger partial charge in [-0.25, -0.2) is 9.67 Å². The number of rotatable bonds is 4. The Bertz CT molecular complexity index is 867. The molecule has 0 aliphatic heterocycles. The average Bonchev–Trinajstić information content (AvgIpc) is 3.14. The molecule has 0 aliphatic carbocycles. The Labute approximate surface area is 159 Å². The molecule has 5 nitrogen and oxygen atoms in total. The molecule has 0 fully saturated rings. The predicted octanol–water partition coefficient (Wildman–Crippen LogP) is 4.27. The smallest absolute Gasteiger partial charge is 0.173 e. The first-order valence-corrected chi connectivity index (χ1v) is 8.92. The second-order valence-corrected chi connectivity index (χ2v) is 6.91. The molecular formula is C20H23N5S. The van der Waals surface area contributed by atoms with Crippen molar-refractivity contribution in [2.24, 2.45) is 0 Å². The highest BCUT2D eigenvalue weighted by Crippen LogP contribution is 2.22. The van der Waals surface area contributed by atoms with E-state index in [1.165, 1.54) is 23.0 Å². The largest absolute Gasteiger partial charge is 0.345 e. The molecule has 0 saturated heterocycles. The first-order valence-electron chi connectivity index (χ1n) is 8.51. The molecule has 0 saturated carbocycles. The predicted molar refractivity (Wildman–Crippen MR) is 110 cm³/mol. The minimum absolute atomic E-state index is 0.144. The average molecular weight is 366 g/mol. The Morgan fingerprint density at radius 3 is 2.35 bits per heavy atom. The highest BCUT2D eigenvalue weighted by molar-refractivity contribution is 7.80. The Balaban J connectivity index is 1.70. The summed E-state index contributed by atoms with van der Waals surface area (Å²) in [6.45, 7) is 6.31. The lowest BCUT2D eigenvalue weighted by Gasteiger charge is -2.28. The van der Waals surface area contributed by atoms with E-state index in [-0.39, 0.29) is 6.04 Å². The lowest BCUT2D eigenvalue weighted by Crippen LogP contribution is -2.33. The number of hydrogen-bond acceptors (Lipinski definition) is 3. The van der Waals surface area contributed by atoms with Gasteiger partial charge in [-0.05, 0) is 73.9 Å². The van der Waals surface area contributed by atoms with E-state index in [0.717, 1.165) is 11.4 Å². The Kier molecular flexibility index (Phi) is 5.32. The van der Waals surface area contributed by atoms with Crippen molar-refractivity contribution >= 4 is 23.0 Å². The van der Waals surface area contributed by atoms with Crippen LogP contribution in [0.1, 0.15) is 29.7 Å². The Morgan fingerprint density at radius 2 is 1.77 bits per heavy atom. The van der Waals surface area contributed by atoms with Crippen molar-refractivity contribution in [1.82, 2.24) is 19.7 Å². The maximum atomic E-state index is 5.60. The summed E-state index contributed by atoms with van der Waals surface area (Å²) < 4.78 is 1.74. The van der Waals surface area contributed by atoms with Crippen molar-refractivity contribution in [3.05, 3.63) is 71.8 Å². The summed E-state index contributed by atoms with van der Waals surface area (Å²) in [4.78, 5) is 6.04. The summed E-state index contributed by atoms with van der Waals surface area (Å²) in [5.41, 5.74) is 5.62. The SMILES string of the molecule is Cc1cc(C)cc(NC(=S)N(C)[C@@H](C)c2ccc(-n3cncn3)cc2)c1. The van der Waals surface area contributed by atoms with Crippen LogP contribution in [0.4, 0.5) is 5.69 Å². The standard InChI is InChI=1S/C20H23N5S/c1-14-9-15(2)11-18(10-14)23-20(26)24(4)16(3)17-5-7-19(8-6-17)25-13-21-12-22-25/h5-13,16H,1-4H3,(H,23,26)/t16-/m0/s1. The van der Waals surface area contributed by atoms with Gasteiger partial charge >= 0.3 is 0 Å². The highest BCUT2D eigenvalue weighted by atomic mass is 32.1. The van der Waals surface area contributed by atoms with E-state index < -0.39 is 0 Å². The molecule has 0 unspecified atom stereocenters. The lowest BCUT2D eigenvalue weighted by atomic mass is 10.1. The van der Waals surface area contributed by atoms with E-state index in [9.17, 15) is 0 Å². The Hall–Kier alpha value is -2.73. The molecule has 26 heavy (non-hydrogen) atoms. The fraction of sp³-hybridized carbons (Fsp3) is 0.250. The first kappa shape index (κ1) is 18.1. The number of aryl methyl sites for hydroxylation is 2. The molecule has 1 atom stereocenters. The summed E-state index contributed by atoms with van der Waals surface area (Å²) in [5, 5.41) is 8.19. The lowest BCUT2D eigenvalue weighted by molar-refractivity contribution is 0.408. The number of nitrogens with zero attached hydrogens (tertiary/aromatic N) is 4.